The lowest BCUT2D eigenvalue weighted by molar-refractivity contribution is -0.156. The molecule has 0 bridgehead atoms. The number of hydrogen-bond donors (Lipinski definition) is 2. The van der Waals surface area contributed by atoms with Crippen molar-refractivity contribution in [3.05, 3.63) is 35.9 Å². The van der Waals surface area contributed by atoms with E-state index in [1.54, 1.807) is 0 Å². The molecule has 38 heavy (non-hydrogen) atoms. The lowest BCUT2D eigenvalue weighted by Gasteiger charge is -2.30. The van der Waals surface area contributed by atoms with Crippen LogP contribution in [-0.2, 0) is 40.1 Å². The maximum atomic E-state index is 13.2. The number of nitrogens with zero attached hydrogens (tertiary/aromatic N) is 1. The number of nitrogens with one attached hydrogen (secondary N) is 2. The van der Waals surface area contributed by atoms with E-state index in [0.29, 0.717) is 13.1 Å². The van der Waals surface area contributed by atoms with Crippen molar-refractivity contribution in [2.24, 2.45) is 5.92 Å². The number of likely N-dealkylation sites (N-methyl/N-ethyl adjacent to an activating group) is 1. The second-order valence-electron chi connectivity index (χ2n) is 9.59. The fraction of sp³-hybridized carbons (Fsp3) is 0.593. The fourth-order valence-corrected chi connectivity index (χ4v) is 4.18. The zero-order chi connectivity index (χ0) is 28.9. The Bertz CT molecular complexity index is 949. The standard InChI is InChI=1S/C27H41N3O7S/c1-8-30(9-2)22(32)17-37-25(34)21(16-36-15-20-13-11-10-12-14-20)28-26(35)27(6,7)29-24(33)23(18(3)4)38-19(5)31/h10-14,18,21,23H,8-9,15-17H2,1-7H3,(H,28,35)(H,29,33)/t21-,23+/m0/s1. The van der Waals surface area contributed by atoms with E-state index in [0.717, 1.165) is 17.3 Å². The van der Waals surface area contributed by atoms with Gasteiger partial charge in [0, 0.05) is 20.0 Å². The molecule has 0 unspecified atom stereocenters. The van der Waals surface area contributed by atoms with Gasteiger partial charge in [-0.05, 0) is 39.2 Å². The smallest absolute Gasteiger partial charge is 0.331 e. The Labute approximate surface area is 229 Å². The van der Waals surface area contributed by atoms with Crippen LogP contribution in [0.1, 0.15) is 54.0 Å². The van der Waals surface area contributed by atoms with Crippen molar-refractivity contribution >= 4 is 40.6 Å². The van der Waals surface area contributed by atoms with Gasteiger partial charge in [0.25, 0.3) is 5.91 Å². The highest BCUT2D eigenvalue weighted by molar-refractivity contribution is 8.14. The van der Waals surface area contributed by atoms with E-state index in [1.807, 2.05) is 58.0 Å². The summed E-state index contributed by atoms with van der Waals surface area (Å²) in [5.41, 5.74) is -0.547. The molecule has 1 aromatic carbocycles. The second-order valence-corrected chi connectivity index (χ2v) is 10.9. The molecule has 1 aromatic rings. The van der Waals surface area contributed by atoms with Crippen LogP contribution in [0.4, 0.5) is 0 Å². The summed E-state index contributed by atoms with van der Waals surface area (Å²) in [6.45, 7) is 12.1. The minimum Gasteiger partial charge on any atom is -0.454 e. The van der Waals surface area contributed by atoms with Crippen molar-refractivity contribution in [1.29, 1.82) is 0 Å². The van der Waals surface area contributed by atoms with Gasteiger partial charge >= 0.3 is 5.97 Å². The zero-order valence-corrected chi connectivity index (χ0v) is 24.2. The summed E-state index contributed by atoms with van der Waals surface area (Å²) in [6, 6.07) is 8.07. The fourth-order valence-electron chi connectivity index (χ4n) is 3.38. The maximum absolute atomic E-state index is 13.2. The van der Waals surface area contributed by atoms with Crippen molar-refractivity contribution < 1.29 is 33.4 Å². The van der Waals surface area contributed by atoms with Crippen LogP contribution in [0.15, 0.2) is 30.3 Å². The molecule has 212 valence electrons. The Morgan fingerprint density at radius 2 is 1.63 bits per heavy atom. The molecule has 0 aliphatic carbocycles. The average Bonchev–Trinajstić information content (AvgIpc) is 2.85. The van der Waals surface area contributed by atoms with Gasteiger partial charge in [-0.3, -0.25) is 19.2 Å². The molecular formula is C27H41N3O7S. The van der Waals surface area contributed by atoms with Gasteiger partial charge in [-0.2, -0.15) is 0 Å². The predicted octanol–water partition coefficient (Wildman–Crippen LogP) is 2.30. The molecule has 0 aliphatic heterocycles. The van der Waals surface area contributed by atoms with Crippen LogP contribution >= 0.6 is 11.8 Å². The van der Waals surface area contributed by atoms with Gasteiger partial charge in [-0.15, -0.1) is 0 Å². The molecule has 1 rings (SSSR count). The minimum atomic E-state index is -1.42. The highest BCUT2D eigenvalue weighted by Crippen LogP contribution is 2.21. The lowest BCUT2D eigenvalue weighted by atomic mass is 10.0. The van der Waals surface area contributed by atoms with Gasteiger partial charge in [0.1, 0.15) is 5.54 Å². The highest BCUT2D eigenvalue weighted by atomic mass is 32.2. The van der Waals surface area contributed by atoms with Crippen molar-refractivity contribution in [2.75, 3.05) is 26.3 Å². The first-order valence-electron chi connectivity index (χ1n) is 12.7. The van der Waals surface area contributed by atoms with Gasteiger partial charge in [0.15, 0.2) is 17.8 Å². The Balaban J connectivity index is 2.95. The third-order valence-electron chi connectivity index (χ3n) is 5.60. The molecular weight excluding hydrogens is 510 g/mol. The first kappa shape index (κ1) is 33.1. The van der Waals surface area contributed by atoms with Gasteiger partial charge in [-0.25, -0.2) is 4.79 Å². The van der Waals surface area contributed by atoms with Gasteiger partial charge < -0.3 is 25.0 Å². The molecule has 0 aliphatic rings. The molecule has 0 fully saturated rings. The SMILES string of the molecule is CCN(CC)C(=O)COC(=O)[C@H](COCc1ccccc1)NC(=O)C(C)(C)NC(=O)[C@H](SC(C)=O)C(C)C. The Morgan fingerprint density at radius 1 is 1.03 bits per heavy atom. The van der Waals surface area contributed by atoms with E-state index in [4.69, 9.17) is 9.47 Å². The van der Waals surface area contributed by atoms with E-state index >= 15 is 0 Å². The molecule has 0 saturated heterocycles. The second kappa shape index (κ2) is 16.1. The van der Waals surface area contributed by atoms with Crippen LogP contribution in [0.5, 0.6) is 0 Å². The first-order chi connectivity index (χ1) is 17.8. The van der Waals surface area contributed by atoms with Crippen molar-refractivity contribution in [1.82, 2.24) is 15.5 Å². The predicted molar refractivity (Wildman–Crippen MR) is 146 cm³/mol. The van der Waals surface area contributed by atoms with Crippen molar-refractivity contribution in [3.63, 3.8) is 0 Å². The number of ether oxygens (including phenoxy) is 2. The Hall–Kier alpha value is -2.92. The van der Waals surface area contributed by atoms with Crippen LogP contribution < -0.4 is 10.6 Å². The number of amides is 3. The van der Waals surface area contributed by atoms with Crippen LogP contribution in [0.2, 0.25) is 0 Å². The van der Waals surface area contributed by atoms with Crippen molar-refractivity contribution in [3.8, 4) is 0 Å². The quantitative estimate of drug-likeness (QED) is 0.318. The largest absolute Gasteiger partial charge is 0.454 e. The van der Waals surface area contributed by atoms with E-state index in [1.165, 1.54) is 25.7 Å². The topological polar surface area (TPSA) is 131 Å². The summed E-state index contributed by atoms with van der Waals surface area (Å²) < 4.78 is 10.9. The van der Waals surface area contributed by atoms with E-state index in [-0.39, 0.29) is 30.2 Å². The molecule has 0 spiro atoms. The number of carbonyl (C=O) groups excluding carboxylic acids is 5. The first-order valence-corrected chi connectivity index (χ1v) is 13.6. The molecule has 0 saturated carbocycles. The third kappa shape index (κ3) is 11.2. The highest BCUT2D eigenvalue weighted by Gasteiger charge is 2.36. The summed E-state index contributed by atoms with van der Waals surface area (Å²) in [6.07, 6.45) is 0. The summed E-state index contributed by atoms with van der Waals surface area (Å²) in [5, 5.41) is 4.37. The number of benzene rings is 1. The number of carbonyl (C=O) groups is 5. The van der Waals surface area contributed by atoms with Gasteiger partial charge in [0.05, 0.1) is 18.5 Å². The lowest BCUT2D eigenvalue weighted by Crippen LogP contribution is -2.60. The van der Waals surface area contributed by atoms with Crippen LogP contribution in [0, 0.1) is 5.92 Å². The van der Waals surface area contributed by atoms with Crippen LogP contribution in [-0.4, -0.2) is 76.8 Å². The number of thioether (sulfide) groups is 1. The van der Waals surface area contributed by atoms with Crippen LogP contribution in [0.25, 0.3) is 0 Å². The molecule has 0 aromatic heterocycles. The molecule has 2 atom stereocenters. The molecule has 0 radical (unpaired) electrons. The molecule has 11 heteroatoms. The zero-order valence-electron chi connectivity index (χ0n) is 23.4. The number of rotatable bonds is 15. The maximum Gasteiger partial charge on any atom is 0.331 e. The van der Waals surface area contributed by atoms with E-state index < -0.39 is 41.2 Å². The summed E-state index contributed by atoms with van der Waals surface area (Å²) in [5.74, 6) is -2.46. The molecule has 10 nitrogen and oxygen atoms in total. The van der Waals surface area contributed by atoms with Gasteiger partial charge in [-0.1, -0.05) is 55.9 Å². The summed E-state index contributed by atoms with van der Waals surface area (Å²) >= 11 is 0.898. The average molecular weight is 552 g/mol. The minimum absolute atomic E-state index is 0.153. The van der Waals surface area contributed by atoms with Crippen molar-refractivity contribution in [2.45, 2.75) is 71.9 Å². The molecule has 0 heterocycles. The molecule has 3 amide bonds. The summed E-state index contributed by atoms with van der Waals surface area (Å²) in [7, 11) is 0. The van der Waals surface area contributed by atoms with Crippen LogP contribution in [0.3, 0.4) is 0 Å². The Morgan fingerprint density at radius 3 is 2.16 bits per heavy atom. The van der Waals surface area contributed by atoms with E-state index in [9.17, 15) is 24.0 Å². The monoisotopic (exact) mass is 551 g/mol. The number of esters is 1. The van der Waals surface area contributed by atoms with E-state index in [2.05, 4.69) is 10.6 Å². The normalized spacial score (nSPS) is 12.8. The summed E-state index contributed by atoms with van der Waals surface area (Å²) in [4.78, 5) is 64.3. The third-order valence-corrected chi connectivity index (χ3v) is 6.94. The van der Waals surface area contributed by atoms with Gasteiger partial charge in [0.2, 0.25) is 11.8 Å². The number of hydrogen-bond acceptors (Lipinski definition) is 8. The Kier molecular flexibility index (Phi) is 14.1. The molecule has 2 N–H and O–H groups in total.